The van der Waals surface area contributed by atoms with Crippen LogP contribution in [0.5, 0.6) is 11.5 Å². The number of nitrogens with one attached hydrogen (secondary N) is 2. The number of fused-ring (bicyclic) bond motifs is 1. The van der Waals surface area contributed by atoms with E-state index in [2.05, 4.69) is 34.7 Å². The number of benzene rings is 2. The van der Waals surface area contributed by atoms with Gasteiger partial charge in [-0.15, -0.1) is 0 Å². The number of methoxy groups -OCH3 is 1. The van der Waals surface area contributed by atoms with E-state index in [1.54, 1.807) is 14.2 Å². The number of ether oxygens (including phenoxy) is 2. The van der Waals surface area contributed by atoms with E-state index in [-0.39, 0.29) is 12.0 Å². The molecule has 0 bridgehead atoms. The largest absolute Gasteiger partial charge is 0.496 e. The van der Waals surface area contributed by atoms with Crippen LogP contribution in [0.1, 0.15) is 36.5 Å². The zero-order chi connectivity index (χ0) is 21.8. The first-order valence-corrected chi connectivity index (χ1v) is 10.8. The molecule has 1 unspecified atom stereocenters. The first kappa shape index (κ1) is 21.0. The Kier molecular flexibility index (Phi) is 6.30. The van der Waals surface area contributed by atoms with Gasteiger partial charge in [-0.05, 0) is 43.2 Å². The zero-order valence-electron chi connectivity index (χ0n) is 18.4. The van der Waals surface area contributed by atoms with Crippen molar-refractivity contribution in [3.05, 3.63) is 53.1 Å². The summed E-state index contributed by atoms with van der Waals surface area (Å²) in [4.78, 5) is 18.1. The van der Waals surface area contributed by atoms with Gasteiger partial charge in [-0.1, -0.05) is 12.1 Å². The average Bonchev–Trinajstić information content (AvgIpc) is 3.37. The first-order chi connectivity index (χ1) is 15.1. The number of anilines is 1. The molecule has 2 aliphatic rings. The van der Waals surface area contributed by atoms with Crippen molar-refractivity contribution in [3.63, 3.8) is 0 Å². The van der Waals surface area contributed by atoms with Crippen molar-refractivity contribution in [2.75, 3.05) is 25.6 Å². The first-order valence-electron chi connectivity index (χ1n) is 10.8. The molecule has 7 nitrogen and oxygen atoms in total. The van der Waals surface area contributed by atoms with Crippen LogP contribution in [-0.4, -0.2) is 38.7 Å². The number of nitrogens with zero attached hydrogens (tertiary/aromatic N) is 2. The number of hydrogen-bond acceptors (Lipinski definition) is 4. The lowest BCUT2D eigenvalue weighted by atomic mass is 10.1. The van der Waals surface area contributed by atoms with Gasteiger partial charge < -0.3 is 25.0 Å². The summed E-state index contributed by atoms with van der Waals surface area (Å²) in [6.07, 6.45) is 2.69. The number of hydrogen-bond donors (Lipinski definition) is 2. The standard InChI is InChI=1S/C24H30N4O3/c1-16-11-18-12-21(30-3)19(13-22(18)31-16)15-27-24(25-2)26-14-17-6-8-20(9-7-17)28-10-4-5-23(28)29/h6-9,12-13,16H,4-5,10-11,14-15H2,1-3H3,(H2,25,26,27). The van der Waals surface area contributed by atoms with Gasteiger partial charge in [0.05, 0.1) is 7.11 Å². The second kappa shape index (κ2) is 9.29. The highest BCUT2D eigenvalue weighted by Crippen LogP contribution is 2.34. The van der Waals surface area contributed by atoms with Crippen molar-refractivity contribution in [3.8, 4) is 11.5 Å². The minimum absolute atomic E-state index is 0.201. The summed E-state index contributed by atoms with van der Waals surface area (Å²) < 4.78 is 11.5. The molecule has 2 aromatic rings. The smallest absolute Gasteiger partial charge is 0.227 e. The third kappa shape index (κ3) is 4.76. The Labute approximate surface area is 183 Å². The quantitative estimate of drug-likeness (QED) is 0.553. The number of carbonyl (C=O) groups excluding carboxylic acids is 1. The molecule has 31 heavy (non-hydrogen) atoms. The zero-order valence-corrected chi connectivity index (χ0v) is 18.4. The molecule has 2 heterocycles. The molecule has 0 saturated carbocycles. The van der Waals surface area contributed by atoms with E-state index in [4.69, 9.17) is 9.47 Å². The molecule has 1 amide bonds. The van der Waals surface area contributed by atoms with Crippen LogP contribution in [0.25, 0.3) is 0 Å². The Bertz CT molecular complexity index is 972. The Morgan fingerprint density at radius 2 is 2.00 bits per heavy atom. The lowest BCUT2D eigenvalue weighted by Gasteiger charge is -2.17. The second-order valence-corrected chi connectivity index (χ2v) is 8.00. The maximum atomic E-state index is 11.9. The summed E-state index contributed by atoms with van der Waals surface area (Å²) in [5, 5.41) is 6.68. The van der Waals surface area contributed by atoms with Gasteiger partial charge in [-0.3, -0.25) is 9.79 Å². The van der Waals surface area contributed by atoms with Crippen molar-refractivity contribution in [1.82, 2.24) is 10.6 Å². The number of rotatable bonds is 6. The molecular formula is C24H30N4O3. The van der Waals surface area contributed by atoms with Crippen molar-refractivity contribution < 1.29 is 14.3 Å². The van der Waals surface area contributed by atoms with Gasteiger partial charge in [0.1, 0.15) is 17.6 Å². The molecule has 0 aliphatic carbocycles. The predicted octanol–water partition coefficient (Wildman–Crippen LogP) is 3.01. The monoisotopic (exact) mass is 422 g/mol. The van der Waals surface area contributed by atoms with E-state index in [0.29, 0.717) is 25.5 Å². The van der Waals surface area contributed by atoms with Crippen LogP contribution in [0.2, 0.25) is 0 Å². The van der Waals surface area contributed by atoms with Crippen molar-refractivity contribution >= 4 is 17.6 Å². The van der Waals surface area contributed by atoms with Gasteiger partial charge in [0, 0.05) is 56.3 Å². The maximum absolute atomic E-state index is 11.9. The molecule has 164 valence electrons. The maximum Gasteiger partial charge on any atom is 0.227 e. The Morgan fingerprint density at radius 1 is 1.23 bits per heavy atom. The fourth-order valence-electron chi connectivity index (χ4n) is 4.11. The van der Waals surface area contributed by atoms with Crippen LogP contribution in [0.3, 0.4) is 0 Å². The highest BCUT2D eigenvalue weighted by molar-refractivity contribution is 5.95. The van der Waals surface area contributed by atoms with Crippen LogP contribution < -0.4 is 25.0 Å². The number of carbonyl (C=O) groups is 1. The molecule has 1 saturated heterocycles. The van der Waals surface area contributed by atoms with Gasteiger partial charge in [0.25, 0.3) is 0 Å². The van der Waals surface area contributed by atoms with E-state index in [1.807, 2.05) is 29.2 Å². The van der Waals surface area contributed by atoms with Gasteiger partial charge in [-0.25, -0.2) is 0 Å². The minimum Gasteiger partial charge on any atom is -0.496 e. The van der Waals surface area contributed by atoms with E-state index in [0.717, 1.165) is 47.7 Å². The Morgan fingerprint density at radius 3 is 2.68 bits per heavy atom. The number of amides is 1. The summed E-state index contributed by atoms with van der Waals surface area (Å²) in [5.41, 5.74) is 4.30. The van der Waals surface area contributed by atoms with Crippen LogP contribution in [0.15, 0.2) is 41.4 Å². The molecule has 0 spiro atoms. The summed E-state index contributed by atoms with van der Waals surface area (Å²) in [5.74, 6) is 2.70. The van der Waals surface area contributed by atoms with Gasteiger partial charge in [0.2, 0.25) is 5.91 Å². The molecular weight excluding hydrogens is 392 g/mol. The minimum atomic E-state index is 0.201. The molecule has 2 aromatic carbocycles. The second-order valence-electron chi connectivity index (χ2n) is 8.00. The highest BCUT2D eigenvalue weighted by atomic mass is 16.5. The van der Waals surface area contributed by atoms with Crippen LogP contribution in [0.4, 0.5) is 5.69 Å². The van der Waals surface area contributed by atoms with E-state index < -0.39 is 0 Å². The molecule has 7 heteroatoms. The summed E-state index contributed by atoms with van der Waals surface area (Å²) in [6, 6.07) is 12.2. The predicted molar refractivity (Wildman–Crippen MR) is 122 cm³/mol. The van der Waals surface area contributed by atoms with Crippen LogP contribution >= 0.6 is 0 Å². The number of guanidine groups is 1. The van der Waals surface area contributed by atoms with Crippen molar-refractivity contribution in [2.24, 2.45) is 4.99 Å². The molecule has 0 aromatic heterocycles. The van der Waals surface area contributed by atoms with E-state index >= 15 is 0 Å². The molecule has 1 atom stereocenters. The lowest BCUT2D eigenvalue weighted by Crippen LogP contribution is -2.36. The van der Waals surface area contributed by atoms with Crippen LogP contribution in [0, 0.1) is 0 Å². The summed E-state index contributed by atoms with van der Waals surface area (Å²) in [7, 11) is 3.44. The Hall–Kier alpha value is -3.22. The fraction of sp³-hybridized carbons (Fsp3) is 0.417. The van der Waals surface area contributed by atoms with Crippen molar-refractivity contribution in [2.45, 2.75) is 45.4 Å². The summed E-state index contributed by atoms with van der Waals surface area (Å²) in [6.45, 7) is 4.09. The number of aliphatic imine (C=N–C) groups is 1. The molecule has 0 radical (unpaired) electrons. The highest BCUT2D eigenvalue weighted by Gasteiger charge is 2.22. The molecule has 1 fully saturated rings. The van der Waals surface area contributed by atoms with Gasteiger partial charge in [0.15, 0.2) is 5.96 Å². The normalized spacial score (nSPS) is 18.0. The lowest BCUT2D eigenvalue weighted by molar-refractivity contribution is -0.117. The van der Waals surface area contributed by atoms with Gasteiger partial charge >= 0.3 is 0 Å². The Balaban J connectivity index is 1.33. The molecule has 4 rings (SSSR count). The third-order valence-corrected chi connectivity index (χ3v) is 5.75. The molecule has 2 aliphatic heterocycles. The molecule has 2 N–H and O–H groups in total. The van der Waals surface area contributed by atoms with Gasteiger partial charge in [-0.2, -0.15) is 0 Å². The van der Waals surface area contributed by atoms with Crippen molar-refractivity contribution in [1.29, 1.82) is 0 Å². The van der Waals surface area contributed by atoms with E-state index in [9.17, 15) is 4.79 Å². The average molecular weight is 423 g/mol. The third-order valence-electron chi connectivity index (χ3n) is 5.75. The topological polar surface area (TPSA) is 75.2 Å². The fourth-order valence-corrected chi connectivity index (χ4v) is 4.11. The summed E-state index contributed by atoms with van der Waals surface area (Å²) >= 11 is 0. The van der Waals surface area contributed by atoms with Crippen LogP contribution in [-0.2, 0) is 24.3 Å². The SMILES string of the molecule is CN=C(NCc1ccc(N2CCCC2=O)cc1)NCc1cc2c(cc1OC)CC(C)O2. The van der Waals surface area contributed by atoms with E-state index in [1.165, 1.54) is 5.56 Å².